The van der Waals surface area contributed by atoms with E-state index in [-0.39, 0.29) is 49.9 Å². The Morgan fingerprint density at radius 2 is 0.733 bits per heavy atom. The molecule has 412 valence electrons. The third kappa shape index (κ3) is 11.8. The minimum atomic E-state index is -2.13. The lowest BCUT2D eigenvalue weighted by Gasteiger charge is -2.27. The summed E-state index contributed by atoms with van der Waals surface area (Å²) in [5, 5.41) is 7.88. The van der Waals surface area contributed by atoms with E-state index >= 15 is 0 Å². The molecule has 2 aliphatic heterocycles. The quantitative estimate of drug-likeness (QED) is 0.181. The van der Waals surface area contributed by atoms with Gasteiger partial charge in [0.05, 0.1) is 0 Å². The van der Waals surface area contributed by atoms with Gasteiger partial charge >= 0.3 is 16.4 Å². The van der Waals surface area contributed by atoms with Crippen LogP contribution in [0.15, 0.2) is 65.3 Å². The van der Waals surface area contributed by atoms with Crippen molar-refractivity contribution in [2.45, 2.75) is 254 Å². The summed E-state index contributed by atoms with van der Waals surface area (Å²) in [4.78, 5) is 0. The monoisotopic (exact) mass is 1070 g/mol. The molecule has 0 radical (unpaired) electrons. The zero-order valence-electron chi connectivity index (χ0n) is 50.8. The largest absolute Gasteiger partial charge is 0.408 e. The standard InChI is InChI=1S/C64H93NO8P2/c1-56(2,3)36-27-40-41-28-37(57(4,5)6)32-45(61(16,17)18)50(41)70-74(69-49(40)44(31-36)60(13,14)15)65-35-48-53(54-55(66-48)68-64(25,26)67-54)73-75-71-51-42(29-38(58(7,8)9)33-46(51)62(19,20)21)43-30-39(59(10,11)12)34-47(52(43)72-75)63(22,23)24/h27-34,48,53-55,65H,35H2,1-26H3/t48-,53+,54-,55-/m1/s1. The summed E-state index contributed by atoms with van der Waals surface area (Å²) >= 11 is 0. The van der Waals surface area contributed by atoms with E-state index in [1.165, 1.54) is 22.3 Å². The van der Waals surface area contributed by atoms with Crippen LogP contribution in [0.5, 0.6) is 0 Å². The minimum Gasteiger partial charge on any atom is -0.408 e. The Kier molecular flexibility index (Phi) is 14.5. The van der Waals surface area contributed by atoms with Crippen LogP contribution >= 0.6 is 16.4 Å². The second kappa shape index (κ2) is 18.8. The van der Waals surface area contributed by atoms with Crippen LogP contribution in [-0.2, 0) is 57.5 Å². The van der Waals surface area contributed by atoms with Gasteiger partial charge in [-0.3, -0.25) is 4.52 Å². The topological polar surface area (TPSA) is 102 Å². The van der Waals surface area contributed by atoms with Gasteiger partial charge in [0.25, 0.3) is 0 Å². The molecule has 8 rings (SSSR count). The van der Waals surface area contributed by atoms with Gasteiger partial charge in [0.1, 0.15) is 40.6 Å². The molecule has 0 saturated carbocycles. The van der Waals surface area contributed by atoms with Gasteiger partial charge in [0.15, 0.2) is 12.1 Å². The number of fused-ring (bicyclic) bond motifs is 7. The number of benzene rings is 4. The summed E-state index contributed by atoms with van der Waals surface area (Å²) in [5.74, 6) is -0.909. The molecule has 6 aromatic rings. The van der Waals surface area contributed by atoms with Crippen molar-refractivity contribution in [2.75, 3.05) is 11.6 Å². The molecule has 2 aromatic heterocycles. The van der Waals surface area contributed by atoms with Crippen LogP contribution in [0, 0.1) is 0 Å². The maximum absolute atomic E-state index is 7.37. The summed E-state index contributed by atoms with van der Waals surface area (Å²) in [5.41, 5.74) is 11.0. The van der Waals surface area contributed by atoms with Crippen LogP contribution in [0.3, 0.4) is 0 Å². The summed E-state index contributed by atoms with van der Waals surface area (Å²) in [6.45, 7) is 58.5. The van der Waals surface area contributed by atoms with Gasteiger partial charge in [-0.2, -0.15) is 0 Å². The third-order valence-electron chi connectivity index (χ3n) is 15.0. The molecule has 0 aliphatic carbocycles. The zero-order valence-corrected chi connectivity index (χ0v) is 52.6. The Labute approximate surface area is 452 Å². The van der Waals surface area contributed by atoms with Gasteiger partial charge in [-0.25, -0.2) is 5.09 Å². The van der Waals surface area contributed by atoms with Gasteiger partial charge in [-0.1, -0.05) is 190 Å². The molecule has 2 fully saturated rings. The molecule has 11 heteroatoms. The van der Waals surface area contributed by atoms with E-state index in [0.717, 1.165) is 66.1 Å². The normalized spacial score (nSPS) is 20.2. The fraction of sp³-hybridized carbons (Fsp3) is 0.625. The van der Waals surface area contributed by atoms with Crippen molar-refractivity contribution < 1.29 is 35.5 Å². The molecular formula is C64H93NO8P2. The Hall–Kier alpha value is -3.52. The van der Waals surface area contributed by atoms with Crippen molar-refractivity contribution in [3.8, 4) is 0 Å². The van der Waals surface area contributed by atoms with Gasteiger partial charge < -0.3 is 31.0 Å². The molecule has 2 saturated heterocycles. The lowest BCUT2D eigenvalue weighted by molar-refractivity contribution is -0.210. The smallest absolute Gasteiger partial charge is 0.387 e. The average molecular weight is 1070 g/mol. The van der Waals surface area contributed by atoms with E-state index in [9.17, 15) is 0 Å². The molecule has 0 bridgehead atoms. The maximum atomic E-state index is 7.37. The highest BCUT2D eigenvalue weighted by molar-refractivity contribution is 7.38. The van der Waals surface area contributed by atoms with Crippen molar-refractivity contribution >= 4 is 60.3 Å². The van der Waals surface area contributed by atoms with E-state index in [1.54, 1.807) is 0 Å². The van der Waals surface area contributed by atoms with E-state index in [4.69, 9.17) is 35.5 Å². The average Bonchev–Trinajstić information content (AvgIpc) is 3.55. The predicted molar refractivity (Wildman–Crippen MR) is 316 cm³/mol. The molecule has 0 amide bonds. The number of nitrogens with one attached hydrogen (secondary N) is 1. The van der Waals surface area contributed by atoms with Crippen LogP contribution in [-0.4, -0.2) is 36.9 Å². The summed E-state index contributed by atoms with van der Waals surface area (Å²) in [6, 6.07) is 18.6. The number of ether oxygens (including phenoxy) is 3. The predicted octanol–water partition coefficient (Wildman–Crippen LogP) is 19.2. The van der Waals surface area contributed by atoms with Crippen molar-refractivity contribution in [1.82, 2.24) is 0 Å². The van der Waals surface area contributed by atoms with Crippen molar-refractivity contribution in [3.05, 3.63) is 93.0 Å². The third-order valence-corrected chi connectivity index (χ3v) is 17.2. The summed E-state index contributed by atoms with van der Waals surface area (Å²) in [7, 11) is -3.95. The van der Waals surface area contributed by atoms with Crippen molar-refractivity contribution in [1.29, 1.82) is 0 Å². The zero-order chi connectivity index (χ0) is 55.9. The van der Waals surface area contributed by atoms with Gasteiger partial charge in [0, 0.05) is 50.3 Å². The first-order chi connectivity index (χ1) is 33.9. The first kappa shape index (κ1) is 57.6. The SMILES string of the molecule is CC1(C)O[C@H]2O[C@H](CNp3oc4c(C(C)(C)C)cc(C(C)(C)C)cc4c4cc(C(C)(C)C)cc(C(C)(C)C)c4o3)[C@H](Op3oc4c(C(C)(C)C)cc(C(C)(C)C)cc4c4cc(C(C)(C)C)cc(C(C)(C)C)c4o3)[C@H]2O1. The van der Waals surface area contributed by atoms with Crippen molar-refractivity contribution in [3.63, 3.8) is 0 Å². The maximum Gasteiger partial charge on any atom is 0.387 e. The Balaban J connectivity index is 1.36. The fourth-order valence-corrected chi connectivity index (χ4v) is 12.7. The van der Waals surface area contributed by atoms with E-state index in [2.05, 4.69) is 220 Å². The van der Waals surface area contributed by atoms with Gasteiger partial charge in [-0.05, 0) is 104 Å². The highest BCUT2D eigenvalue weighted by Crippen LogP contribution is 2.49. The number of hydrogen-bond acceptors (Lipinski definition) is 9. The second-order valence-electron chi connectivity index (χ2n) is 30.5. The van der Waals surface area contributed by atoms with Crippen LogP contribution in [0.4, 0.5) is 0 Å². The summed E-state index contributed by atoms with van der Waals surface area (Å²) < 4.78 is 56.7. The van der Waals surface area contributed by atoms with Crippen molar-refractivity contribution in [2.24, 2.45) is 0 Å². The number of rotatable bonds is 5. The Morgan fingerprint density at radius 1 is 0.427 bits per heavy atom. The van der Waals surface area contributed by atoms with Crippen LogP contribution in [0.2, 0.25) is 0 Å². The van der Waals surface area contributed by atoms with Gasteiger partial charge in [0.2, 0.25) is 0 Å². The molecule has 1 N–H and O–H groups in total. The fourth-order valence-electron chi connectivity index (χ4n) is 10.2. The molecular weight excluding hydrogens is 973 g/mol. The Morgan fingerprint density at radius 3 is 1.03 bits per heavy atom. The van der Waals surface area contributed by atoms with E-state index in [1.807, 2.05) is 13.8 Å². The molecule has 4 heterocycles. The first-order valence-electron chi connectivity index (χ1n) is 27.4. The van der Waals surface area contributed by atoms with E-state index in [0.29, 0.717) is 0 Å². The van der Waals surface area contributed by atoms with E-state index < -0.39 is 46.8 Å². The van der Waals surface area contributed by atoms with Crippen LogP contribution in [0.25, 0.3) is 43.9 Å². The highest BCUT2D eigenvalue weighted by atomic mass is 31.1. The second-order valence-corrected chi connectivity index (χ2v) is 32.7. The molecule has 0 spiro atoms. The lowest BCUT2D eigenvalue weighted by atomic mass is 9.77. The molecule has 75 heavy (non-hydrogen) atoms. The highest BCUT2D eigenvalue weighted by Gasteiger charge is 2.56. The number of hydrogen-bond donors (Lipinski definition) is 1. The lowest BCUT2D eigenvalue weighted by Crippen LogP contribution is -2.41. The van der Waals surface area contributed by atoms with Gasteiger partial charge in [-0.15, -0.1) is 0 Å². The molecule has 4 atom stereocenters. The van der Waals surface area contributed by atoms with Crippen LogP contribution < -0.4 is 9.61 Å². The van der Waals surface area contributed by atoms with Crippen LogP contribution in [0.1, 0.15) is 225 Å². The molecule has 2 aliphatic rings. The Bertz CT molecular complexity index is 3060. The minimum absolute atomic E-state index is 0.116. The molecule has 0 unspecified atom stereocenters. The first-order valence-corrected chi connectivity index (χ1v) is 29.7. The molecule has 4 aromatic carbocycles. The molecule has 9 nitrogen and oxygen atoms in total. The summed E-state index contributed by atoms with van der Waals surface area (Å²) in [6.07, 6.45) is -2.55.